The van der Waals surface area contributed by atoms with Crippen molar-refractivity contribution in [2.75, 3.05) is 0 Å². The Balaban J connectivity index is 1.31. The van der Waals surface area contributed by atoms with E-state index in [4.69, 9.17) is 0 Å². The van der Waals surface area contributed by atoms with Gasteiger partial charge in [-0.2, -0.15) is 0 Å². The maximum absolute atomic E-state index is 2.65. The lowest BCUT2D eigenvalue weighted by Gasteiger charge is -2.34. The summed E-state index contributed by atoms with van der Waals surface area (Å²) in [4.78, 5) is 0. The van der Waals surface area contributed by atoms with Crippen molar-refractivity contribution in [2.24, 2.45) is 0 Å². The van der Waals surface area contributed by atoms with Gasteiger partial charge in [0.15, 0.2) is 0 Å². The first-order valence-corrected chi connectivity index (χ1v) is 18.9. The van der Waals surface area contributed by atoms with Crippen LogP contribution in [0.2, 0.25) is 0 Å². The van der Waals surface area contributed by atoms with E-state index in [0.717, 1.165) is 0 Å². The second-order valence-corrected chi connectivity index (χ2v) is 16.4. The minimum Gasteiger partial charge on any atom is -0.310 e. The second kappa shape index (κ2) is 9.37. The van der Waals surface area contributed by atoms with Crippen LogP contribution in [0.15, 0.2) is 146 Å². The molecule has 0 aliphatic carbocycles. The Morgan fingerprint density at radius 1 is 0.377 bits per heavy atom. The summed E-state index contributed by atoms with van der Waals surface area (Å²) in [7, 11) is 0. The van der Waals surface area contributed by atoms with Crippen molar-refractivity contribution in [1.29, 1.82) is 0 Å². The van der Waals surface area contributed by atoms with Crippen molar-refractivity contribution in [3.05, 3.63) is 151 Å². The number of para-hydroxylation sites is 1. The number of aromatic nitrogens is 2. The van der Waals surface area contributed by atoms with Crippen LogP contribution in [0.25, 0.3) is 98.1 Å². The lowest BCUT2D eigenvalue weighted by atomic mass is 9.34. The fourth-order valence-electron chi connectivity index (χ4n) is 10.7. The van der Waals surface area contributed by atoms with Gasteiger partial charge in [0.25, 0.3) is 6.71 Å². The Morgan fingerprint density at radius 3 is 1.36 bits per heavy atom. The summed E-state index contributed by atoms with van der Waals surface area (Å²) < 4.78 is 5.29. The molecule has 2 nitrogen and oxygen atoms in total. The molecule has 0 spiro atoms. The minimum absolute atomic E-state index is 0.0288. The molecule has 0 saturated heterocycles. The molecule has 2 aliphatic heterocycles. The van der Waals surface area contributed by atoms with Gasteiger partial charge in [-0.1, -0.05) is 148 Å². The van der Waals surface area contributed by atoms with Crippen molar-refractivity contribution in [3.8, 4) is 11.4 Å². The first kappa shape index (κ1) is 28.3. The highest BCUT2D eigenvalue weighted by molar-refractivity contribution is 7.00. The fraction of sp³-hybridized carbons (Fsp3) is 0.0800. The Labute approximate surface area is 306 Å². The van der Waals surface area contributed by atoms with E-state index >= 15 is 0 Å². The third-order valence-electron chi connectivity index (χ3n) is 12.8. The molecule has 2 aromatic heterocycles. The monoisotopic (exact) mass is 672 g/mol. The number of benzene rings is 9. The molecule has 4 heterocycles. The van der Waals surface area contributed by atoms with Gasteiger partial charge in [0, 0.05) is 54.7 Å². The molecule has 0 saturated carbocycles. The van der Waals surface area contributed by atoms with Crippen LogP contribution in [0.4, 0.5) is 0 Å². The van der Waals surface area contributed by atoms with Crippen LogP contribution in [0.5, 0.6) is 0 Å². The minimum atomic E-state index is -0.0288. The first-order chi connectivity index (χ1) is 26.0. The molecule has 53 heavy (non-hydrogen) atoms. The van der Waals surface area contributed by atoms with E-state index in [-0.39, 0.29) is 12.1 Å². The predicted octanol–water partition coefficient (Wildman–Crippen LogP) is 10.9. The van der Waals surface area contributed by atoms with E-state index in [9.17, 15) is 0 Å². The zero-order valence-electron chi connectivity index (χ0n) is 29.8. The van der Waals surface area contributed by atoms with Crippen LogP contribution in [-0.4, -0.2) is 15.8 Å². The Bertz CT molecular complexity index is 3500. The van der Waals surface area contributed by atoms with Crippen molar-refractivity contribution in [1.82, 2.24) is 9.13 Å². The SMILES string of the molecule is CC(C)(C)c1cc2c3c(c1)c1c4ccccc4c4ccccc4c1n3-c1cccc3c1B2c1cccc2c4c5ccccc5c5ccccc5c4n-3c12. The Morgan fingerprint density at radius 2 is 0.811 bits per heavy atom. The molecule has 9 aromatic carbocycles. The number of fused-ring (bicyclic) bond motifs is 20. The standard InChI is InChI=1S/C50H33BN2/c1-50(2,3)28-26-38-44-34-19-9-5-15-30(34)32-17-7-11-21-36(32)49(44)53-42-25-13-24-41-45(42)51(40(27-28)47(38)53)39-23-12-22-37-43-33-18-8-4-14-29(33)31-16-6-10-20-35(31)48(43)52(41)46(37)39/h4-27H,1-3H3. The fourth-order valence-corrected chi connectivity index (χ4v) is 10.7. The van der Waals surface area contributed by atoms with Gasteiger partial charge in [0.05, 0.1) is 11.0 Å². The summed E-state index contributed by atoms with van der Waals surface area (Å²) in [5, 5.41) is 15.9. The molecule has 0 N–H and O–H groups in total. The van der Waals surface area contributed by atoms with E-state index in [2.05, 4.69) is 175 Å². The quantitative estimate of drug-likeness (QED) is 0.112. The predicted molar refractivity (Wildman–Crippen MR) is 228 cm³/mol. The maximum Gasteiger partial charge on any atom is 0.252 e. The summed E-state index contributed by atoms with van der Waals surface area (Å²) >= 11 is 0. The van der Waals surface area contributed by atoms with E-state index in [1.165, 1.54) is 120 Å². The van der Waals surface area contributed by atoms with Crippen LogP contribution in [0.3, 0.4) is 0 Å². The highest BCUT2D eigenvalue weighted by Gasteiger charge is 2.42. The van der Waals surface area contributed by atoms with Gasteiger partial charge >= 0.3 is 0 Å². The smallest absolute Gasteiger partial charge is 0.252 e. The van der Waals surface area contributed by atoms with Crippen LogP contribution < -0.4 is 16.4 Å². The third kappa shape index (κ3) is 3.25. The van der Waals surface area contributed by atoms with Gasteiger partial charge in [-0.15, -0.1) is 0 Å². The van der Waals surface area contributed by atoms with Gasteiger partial charge in [-0.25, -0.2) is 0 Å². The van der Waals surface area contributed by atoms with Crippen LogP contribution in [-0.2, 0) is 5.41 Å². The van der Waals surface area contributed by atoms with E-state index in [0.29, 0.717) is 0 Å². The van der Waals surface area contributed by atoms with Gasteiger partial charge in [-0.05, 0) is 77.9 Å². The van der Waals surface area contributed by atoms with Crippen molar-refractivity contribution in [3.63, 3.8) is 0 Å². The van der Waals surface area contributed by atoms with Crippen LogP contribution in [0, 0.1) is 0 Å². The topological polar surface area (TPSA) is 9.86 Å². The lowest BCUT2D eigenvalue weighted by Crippen LogP contribution is -2.59. The third-order valence-corrected chi connectivity index (χ3v) is 12.8. The Hall–Kier alpha value is -6.32. The van der Waals surface area contributed by atoms with E-state index in [1.807, 2.05) is 0 Å². The van der Waals surface area contributed by atoms with Crippen molar-refractivity contribution >= 4 is 110 Å². The van der Waals surface area contributed by atoms with Gasteiger partial charge in [0.1, 0.15) is 0 Å². The molecule has 2 aliphatic rings. The molecular formula is C50H33BN2. The maximum atomic E-state index is 2.65. The van der Waals surface area contributed by atoms with Crippen LogP contribution >= 0.6 is 0 Å². The summed E-state index contributed by atoms with van der Waals surface area (Å²) in [6.07, 6.45) is 0. The van der Waals surface area contributed by atoms with Gasteiger partial charge in [-0.3, -0.25) is 0 Å². The average molecular weight is 673 g/mol. The second-order valence-electron chi connectivity index (χ2n) is 16.4. The lowest BCUT2D eigenvalue weighted by molar-refractivity contribution is 0.591. The number of hydrogen-bond acceptors (Lipinski definition) is 0. The van der Waals surface area contributed by atoms with Crippen molar-refractivity contribution in [2.45, 2.75) is 26.2 Å². The zero-order valence-corrected chi connectivity index (χ0v) is 29.8. The molecule has 11 aromatic rings. The highest BCUT2D eigenvalue weighted by Crippen LogP contribution is 2.47. The molecule has 0 atom stereocenters. The molecule has 0 bridgehead atoms. The van der Waals surface area contributed by atoms with Gasteiger partial charge in [0.2, 0.25) is 0 Å². The average Bonchev–Trinajstić information content (AvgIpc) is 3.73. The van der Waals surface area contributed by atoms with Gasteiger partial charge < -0.3 is 9.13 Å². The summed E-state index contributed by atoms with van der Waals surface area (Å²) in [6.45, 7) is 7.20. The molecular weight excluding hydrogens is 639 g/mol. The molecule has 3 heteroatoms. The molecule has 13 rings (SSSR count). The normalized spacial score (nSPS) is 13.5. The highest BCUT2D eigenvalue weighted by atomic mass is 15.0. The molecule has 246 valence electrons. The number of nitrogens with zero attached hydrogens (tertiary/aromatic N) is 2. The molecule has 0 unspecified atom stereocenters. The largest absolute Gasteiger partial charge is 0.310 e. The van der Waals surface area contributed by atoms with Crippen LogP contribution in [0.1, 0.15) is 26.3 Å². The Kier molecular flexibility index (Phi) is 5.00. The zero-order chi connectivity index (χ0) is 34.9. The molecule has 0 fully saturated rings. The molecule has 0 amide bonds. The summed E-state index contributed by atoms with van der Waals surface area (Å²) in [5.41, 5.74) is 13.4. The van der Waals surface area contributed by atoms with E-state index in [1.54, 1.807) is 0 Å². The summed E-state index contributed by atoms with van der Waals surface area (Å²) in [6, 6.07) is 55.4. The number of hydrogen-bond donors (Lipinski definition) is 0. The number of rotatable bonds is 0. The first-order valence-electron chi connectivity index (χ1n) is 18.9. The molecule has 0 radical (unpaired) electrons. The van der Waals surface area contributed by atoms with E-state index < -0.39 is 0 Å². The van der Waals surface area contributed by atoms with Crippen molar-refractivity contribution < 1.29 is 0 Å². The summed E-state index contributed by atoms with van der Waals surface area (Å²) in [5.74, 6) is 0.